The zero-order valence-corrected chi connectivity index (χ0v) is 11.8. The van der Waals surface area contributed by atoms with Crippen LogP contribution in [0.2, 0.25) is 0 Å². The largest absolute Gasteiger partial charge is 0.493 e. The lowest BCUT2D eigenvalue weighted by Gasteiger charge is -2.10. The average molecular weight is 290 g/mol. The number of anilines is 1. The molecule has 1 aromatic carbocycles. The van der Waals surface area contributed by atoms with Crippen LogP contribution in [0.4, 0.5) is 11.6 Å². The van der Waals surface area contributed by atoms with Crippen molar-refractivity contribution in [3.63, 3.8) is 0 Å². The summed E-state index contributed by atoms with van der Waals surface area (Å²) in [6.45, 7) is 1.79. The third-order valence-corrected chi connectivity index (χ3v) is 2.63. The Morgan fingerprint density at radius 2 is 2.00 bits per heavy atom. The predicted octanol–water partition coefficient (Wildman–Crippen LogP) is 2.54. The van der Waals surface area contributed by atoms with E-state index in [2.05, 4.69) is 15.3 Å². The molecule has 0 saturated carbocycles. The van der Waals surface area contributed by atoms with Gasteiger partial charge in [-0.2, -0.15) is 4.98 Å². The van der Waals surface area contributed by atoms with Crippen LogP contribution in [-0.4, -0.2) is 29.0 Å². The van der Waals surface area contributed by atoms with E-state index in [1.807, 2.05) is 0 Å². The summed E-state index contributed by atoms with van der Waals surface area (Å²) in [4.78, 5) is 18.6. The normalized spacial score (nSPS) is 10.0. The van der Waals surface area contributed by atoms with E-state index in [4.69, 9.17) is 9.47 Å². The van der Waals surface area contributed by atoms with Crippen LogP contribution >= 0.6 is 0 Å². The third-order valence-electron chi connectivity index (χ3n) is 2.63. The van der Waals surface area contributed by atoms with Gasteiger partial charge in [0.05, 0.1) is 18.1 Å². The molecule has 110 valence electrons. The van der Waals surface area contributed by atoms with Crippen molar-refractivity contribution in [2.75, 3.05) is 19.5 Å². The third kappa shape index (κ3) is 3.35. The van der Waals surface area contributed by atoms with Crippen LogP contribution in [0.1, 0.15) is 5.69 Å². The smallest absolute Gasteiger partial charge is 0.273 e. The van der Waals surface area contributed by atoms with Gasteiger partial charge in [-0.3, -0.25) is 10.1 Å². The Morgan fingerprint density at radius 3 is 2.62 bits per heavy atom. The molecule has 2 rings (SSSR count). The maximum atomic E-state index is 10.8. The van der Waals surface area contributed by atoms with Crippen molar-refractivity contribution < 1.29 is 14.4 Å². The minimum absolute atomic E-state index is 0.0922. The predicted molar refractivity (Wildman–Crippen MR) is 76.0 cm³/mol. The van der Waals surface area contributed by atoms with Crippen molar-refractivity contribution in [2.24, 2.45) is 0 Å². The summed E-state index contributed by atoms with van der Waals surface area (Å²) < 4.78 is 10.7. The molecule has 0 radical (unpaired) electrons. The quantitative estimate of drug-likeness (QED) is 0.667. The van der Waals surface area contributed by atoms with Gasteiger partial charge in [-0.25, -0.2) is 4.98 Å². The molecule has 0 fully saturated rings. The fraction of sp³-hybridized carbons (Fsp3) is 0.231. The molecule has 0 bridgehead atoms. The van der Waals surface area contributed by atoms with Crippen LogP contribution in [0, 0.1) is 17.0 Å². The molecule has 0 aliphatic heterocycles. The van der Waals surface area contributed by atoms with Gasteiger partial charge in [0.25, 0.3) is 5.69 Å². The second-order valence-corrected chi connectivity index (χ2v) is 4.12. The minimum atomic E-state index is -0.503. The Morgan fingerprint density at radius 1 is 1.24 bits per heavy atom. The number of non-ortho nitro benzene ring substituents is 1. The lowest BCUT2D eigenvalue weighted by atomic mass is 10.3. The van der Waals surface area contributed by atoms with Gasteiger partial charge < -0.3 is 14.8 Å². The fourth-order valence-electron chi connectivity index (χ4n) is 1.68. The Labute approximate surface area is 120 Å². The van der Waals surface area contributed by atoms with Crippen molar-refractivity contribution >= 4 is 11.6 Å². The number of methoxy groups -OCH3 is 1. The van der Waals surface area contributed by atoms with E-state index in [1.54, 1.807) is 20.0 Å². The first-order valence-corrected chi connectivity index (χ1v) is 6.07. The van der Waals surface area contributed by atoms with Crippen LogP contribution in [-0.2, 0) is 0 Å². The van der Waals surface area contributed by atoms with Crippen LogP contribution < -0.4 is 14.8 Å². The van der Waals surface area contributed by atoms with Crippen LogP contribution in [0.25, 0.3) is 0 Å². The number of aromatic nitrogens is 2. The molecule has 0 aliphatic rings. The number of aryl methyl sites for hydroxylation is 1. The fourth-order valence-corrected chi connectivity index (χ4v) is 1.68. The van der Waals surface area contributed by atoms with E-state index in [1.165, 1.54) is 25.3 Å². The number of hydrogen-bond donors (Lipinski definition) is 1. The highest BCUT2D eigenvalue weighted by Gasteiger charge is 2.14. The topological polar surface area (TPSA) is 99.4 Å². The summed E-state index contributed by atoms with van der Waals surface area (Å²) in [5.74, 6) is 1.26. The maximum absolute atomic E-state index is 10.8. The molecular formula is C13H14N4O4. The number of rotatable bonds is 5. The molecule has 8 heteroatoms. The number of benzene rings is 1. The summed E-state index contributed by atoms with van der Waals surface area (Å²) >= 11 is 0. The molecule has 1 heterocycles. The standard InChI is InChI=1S/C13H14N4O4/c1-8-6-12(16-13(14-2)15-8)21-11-7-9(17(18)19)4-5-10(11)20-3/h4-7H,1-3H3,(H,14,15,16). The number of nitro groups is 1. The van der Waals surface area contributed by atoms with E-state index in [0.717, 1.165) is 0 Å². The van der Waals surface area contributed by atoms with Crippen LogP contribution in [0.15, 0.2) is 24.3 Å². The summed E-state index contributed by atoms with van der Waals surface area (Å²) in [6.07, 6.45) is 0. The molecule has 0 atom stereocenters. The number of nitrogens with zero attached hydrogens (tertiary/aromatic N) is 3. The molecule has 0 saturated heterocycles. The average Bonchev–Trinajstić information content (AvgIpc) is 2.46. The SMILES string of the molecule is CNc1nc(C)cc(Oc2cc([N+](=O)[O-])ccc2OC)n1. The molecular weight excluding hydrogens is 276 g/mol. The Bertz CT molecular complexity index is 675. The Hall–Kier alpha value is -2.90. The molecule has 0 aliphatic carbocycles. The first-order valence-electron chi connectivity index (χ1n) is 6.07. The van der Waals surface area contributed by atoms with Crippen molar-refractivity contribution in [1.82, 2.24) is 9.97 Å². The summed E-state index contributed by atoms with van der Waals surface area (Å²) in [6, 6.07) is 5.73. The lowest BCUT2D eigenvalue weighted by Crippen LogP contribution is -2.00. The van der Waals surface area contributed by atoms with Gasteiger partial charge in [-0.15, -0.1) is 0 Å². The van der Waals surface area contributed by atoms with Crippen LogP contribution in [0.5, 0.6) is 17.4 Å². The van der Waals surface area contributed by atoms with Gasteiger partial charge in [0.1, 0.15) is 0 Å². The highest BCUT2D eigenvalue weighted by molar-refractivity contribution is 5.50. The molecule has 0 spiro atoms. The Kier molecular flexibility index (Phi) is 4.17. The molecule has 2 aromatic rings. The summed E-state index contributed by atoms with van der Waals surface area (Å²) in [7, 11) is 3.14. The van der Waals surface area contributed by atoms with E-state index in [9.17, 15) is 10.1 Å². The van der Waals surface area contributed by atoms with Crippen molar-refractivity contribution in [2.45, 2.75) is 6.92 Å². The highest BCUT2D eigenvalue weighted by Crippen LogP contribution is 2.34. The van der Waals surface area contributed by atoms with E-state index < -0.39 is 4.92 Å². The second-order valence-electron chi connectivity index (χ2n) is 4.12. The van der Waals surface area contributed by atoms with Gasteiger partial charge in [0.2, 0.25) is 11.8 Å². The molecule has 1 N–H and O–H groups in total. The van der Waals surface area contributed by atoms with Gasteiger partial charge in [0.15, 0.2) is 11.5 Å². The molecule has 8 nitrogen and oxygen atoms in total. The summed E-state index contributed by atoms with van der Waals surface area (Å²) in [5.41, 5.74) is 0.610. The lowest BCUT2D eigenvalue weighted by molar-refractivity contribution is -0.384. The number of ether oxygens (including phenoxy) is 2. The van der Waals surface area contributed by atoms with Crippen molar-refractivity contribution in [3.05, 3.63) is 40.1 Å². The van der Waals surface area contributed by atoms with Crippen molar-refractivity contribution in [3.8, 4) is 17.4 Å². The van der Waals surface area contributed by atoms with E-state index in [0.29, 0.717) is 17.4 Å². The number of hydrogen-bond acceptors (Lipinski definition) is 7. The molecule has 21 heavy (non-hydrogen) atoms. The van der Waals surface area contributed by atoms with E-state index >= 15 is 0 Å². The van der Waals surface area contributed by atoms with Gasteiger partial charge in [0, 0.05) is 24.9 Å². The first-order chi connectivity index (χ1) is 10.0. The molecule has 0 unspecified atom stereocenters. The first kappa shape index (κ1) is 14.5. The number of nitrogens with one attached hydrogen (secondary N) is 1. The second kappa shape index (κ2) is 6.04. The zero-order valence-electron chi connectivity index (χ0n) is 11.8. The number of nitro benzene ring substituents is 1. The van der Waals surface area contributed by atoms with Gasteiger partial charge in [-0.05, 0) is 13.0 Å². The monoisotopic (exact) mass is 290 g/mol. The molecule has 1 aromatic heterocycles. The van der Waals surface area contributed by atoms with Crippen molar-refractivity contribution in [1.29, 1.82) is 0 Å². The Balaban J connectivity index is 2.40. The maximum Gasteiger partial charge on any atom is 0.273 e. The highest BCUT2D eigenvalue weighted by atomic mass is 16.6. The van der Waals surface area contributed by atoms with E-state index in [-0.39, 0.29) is 17.3 Å². The van der Waals surface area contributed by atoms with Gasteiger partial charge >= 0.3 is 0 Å². The zero-order chi connectivity index (χ0) is 15.4. The van der Waals surface area contributed by atoms with Crippen LogP contribution in [0.3, 0.4) is 0 Å². The minimum Gasteiger partial charge on any atom is -0.493 e. The summed E-state index contributed by atoms with van der Waals surface area (Å²) in [5, 5.41) is 13.6. The van der Waals surface area contributed by atoms with Gasteiger partial charge in [-0.1, -0.05) is 0 Å². The molecule has 0 amide bonds.